The fraction of sp³-hybridized carbons (Fsp3) is 1.00. The van der Waals surface area contributed by atoms with Gasteiger partial charge in [-0.05, 0) is 12.8 Å². The first-order chi connectivity index (χ1) is 3.80. The molecular formula is C5H11NO2. The van der Waals surface area contributed by atoms with Gasteiger partial charge in [0, 0.05) is 6.61 Å². The number of hydrogen-bond donors (Lipinski definition) is 2. The van der Waals surface area contributed by atoms with E-state index < -0.39 is 6.29 Å². The average Bonchev–Trinajstić information content (AvgIpc) is 1.77. The molecule has 3 heteroatoms. The first-order valence-corrected chi connectivity index (χ1v) is 2.86. The summed E-state index contributed by atoms with van der Waals surface area (Å²) in [7, 11) is 0. The summed E-state index contributed by atoms with van der Waals surface area (Å²) in [6.07, 6.45) is 1.13. The zero-order valence-corrected chi connectivity index (χ0v) is 4.71. The SMILES string of the molecule is NC1CCCOC1O. The molecule has 0 aromatic heterocycles. The highest BCUT2D eigenvalue weighted by Gasteiger charge is 2.18. The van der Waals surface area contributed by atoms with E-state index in [1.807, 2.05) is 0 Å². The van der Waals surface area contributed by atoms with Crippen LogP contribution in [0.3, 0.4) is 0 Å². The van der Waals surface area contributed by atoms with Gasteiger partial charge in [-0.1, -0.05) is 0 Å². The Balaban J connectivity index is 2.28. The fourth-order valence-corrected chi connectivity index (χ4v) is 0.789. The normalized spacial score (nSPS) is 39.8. The van der Waals surface area contributed by atoms with Crippen molar-refractivity contribution >= 4 is 0 Å². The van der Waals surface area contributed by atoms with Gasteiger partial charge in [-0.15, -0.1) is 0 Å². The van der Waals surface area contributed by atoms with Gasteiger partial charge < -0.3 is 15.6 Å². The molecule has 0 saturated carbocycles. The summed E-state index contributed by atoms with van der Waals surface area (Å²) in [6, 6.07) is -0.163. The molecule has 3 N–H and O–H groups in total. The summed E-state index contributed by atoms with van der Waals surface area (Å²) < 4.78 is 4.82. The molecule has 48 valence electrons. The Morgan fingerprint density at radius 3 is 2.75 bits per heavy atom. The minimum absolute atomic E-state index is 0.163. The monoisotopic (exact) mass is 117 g/mol. The maximum atomic E-state index is 8.83. The van der Waals surface area contributed by atoms with Gasteiger partial charge in [0.2, 0.25) is 0 Å². The second-order valence-electron chi connectivity index (χ2n) is 2.07. The van der Waals surface area contributed by atoms with Gasteiger partial charge in [0.15, 0.2) is 6.29 Å². The molecular weight excluding hydrogens is 106 g/mol. The molecule has 1 heterocycles. The minimum atomic E-state index is -0.719. The lowest BCUT2D eigenvalue weighted by Gasteiger charge is -2.23. The van der Waals surface area contributed by atoms with Crippen LogP contribution in [-0.2, 0) is 4.74 Å². The molecule has 1 fully saturated rings. The van der Waals surface area contributed by atoms with Crippen molar-refractivity contribution in [3.05, 3.63) is 0 Å². The largest absolute Gasteiger partial charge is 0.367 e. The van der Waals surface area contributed by atoms with Crippen LogP contribution in [0.1, 0.15) is 12.8 Å². The number of rotatable bonds is 0. The maximum absolute atomic E-state index is 8.83. The summed E-state index contributed by atoms with van der Waals surface area (Å²) >= 11 is 0. The molecule has 2 unspecified atom stereocenters. The Morgan fingerprint density at radius 2 is 2.38 bits per heavy atom. The topological polar surface area (TPSA) is 55.5 Å². The lowest BCUT2D eigenvalue weighted by molar-refractivity contribution is -0.134. The third-order valence-corrected chi connectivity index (χ3v) is 1.34. The summed E-state index contributed by atoms with van der Waals surface area (Å²) in [6.45, 7) is 0.648. The van der Waals surface area contributed by atoms with Crippen molar-refractivity contribution in [2.45, 2.75) is 25.2 Å². The molecule has 0 amide bonds. The highest BCUT2D eigenvalue weighted by Crippen LogP contribution is 2.08. The molecule has 2 atom stereocenters. The van der Waals surface area contributed by atoms with Gasteiger partial charge in [0.25, 0.3) is 0 Å². The molecule has 0 radical (unpaired) electrons. The van der Waals surface area contributed by atoms with E-state index >= 15 is 0 Å². The van der Waals surface area contributed by atoms with Crippen LogP contribution in [0.15, 0.2) is 0 Å². The standard InChI is InChI=1S/C5H11NO2/c6-4-2-1-3-8-5(4)7/h4-5,7H,1-3,6H2. The van der Waals surface area contributed by atoms with Crippen LogP contribution < -0.4 is 5.73 Å². The second kappa shape index (κ2) is 2.44. The van der Waals surface area contributed by atoms with Gasteiger partial charge in [0.05, 0.1) is 6.04 Å². The minimum Gasteiger partial charge on any atom is -0.367 e. The van der Waals surface area contributed by atoms with Crippen molar-refractivity contribution in [1.82, 2.24) is 0 Å². The lowest BCUT2D eigenvalue weighted by Crippen LogP contribution is -2.40. The second-order valence-corrected chi connectivity index (χ2v) is 2.07. The number of nitrogens with two attached hydrogens (primary N) is 1. The summed E-state index contributed by atoms with van der Waals surface area (Å²) in [5.41, 5.74) is 5.40. The van der Waals surface area contributed by atoms with E-state index in [0.717, 1.165) is 12.8 Å². The Bertz CT molecular complexity index is 66.8. The quantitative estimate of drug-likeness (QED) is 0.447. The van der Waals surface area contributed by atoms with Gasteiger partial charge in [-0.2, -0.15) is 0 Å². The van der Waals surface area contributed by atoms with Crippen molar-refractivity contribution in [3.8, 4) is 0 Å². The Labute approximate surface area is 48.4 Å². The average molecular weight is 117 g/mol. The third kappa shape index (κ3) is 1.18. The maximum Gasteiger partial charge on any atom is 0.169 e. The van der Waals surface area contributed by atoms with Crippen LogP contribution in [0, 0.1) is 0 Å². The van der Waals surface area contributed by atoms with Crippen molar-refractivity contribution in [1.29, 1.82) is 0 Å². The number of aliphatic hydroxyl groups excluding tert-OH is 1. The third-order valence-electron chi connectivity index (χ3n) is 1.34. The van der Waals surface area contributed by atoms with Crippen LogP contribution in [0.25, 0.3) is 0 Å². The number of aliphatic hydroxyl groups is 1. The molecule has 1 saturated heterocycles. The van der Waals surface area contributed by atoms with E-state index in [1.54, 1.807) is 0 Å². The van der Waals surface area contributed by atoms with Crippen LogP contribution in [-0.4, -0.2) is 24.0 Å². The first-order valence-electron chi connectivity index (χ1n) is 2.86. The summed E-state index contributed by atoms with van der Waals surface area (Å²) in [4.78, 5) is 0. The highest BCUT2D eigenvalue weighted by atomic mass is 16.6. The molecule has 1 rings (SSSR count). The Hall–Kier alpha value is -0.120. The molecule has 0 bridgehead atoms. The first kappa shape index (κ1) is 6.01. The molecule has 0 aromatic rings. The van der Waals surface area contributed by atoms with Crippen molar-refractivity contribution in [3.63, 3.8) is 0 Å². The van der Waals surface area contributed by atoms with Crippen LogP contribution >= 0.6 is 0 Å². The number of ether oxygens (including phenoxy) is 1. The van der Waals surface area contributed by atoms with E-state index in [-0.39, 0.29) is 6.04 Å². The molecule has 0 spiro atoms. The lowest BCUT2D eigenvalue weighted by atomic mass is 10.1. The Kier molecular flexibility index (Phi) is 1.83. The predicted octanol–water partition coefficient (Wildman–Crippen LogP) is -0.558. The van der Waals surface area contributed by atoms with Gasteiger partial charge >= 0.3 is 0 Å². The van der Waals surface area contributed by atoms with Gasteiger partial charge in [0.1, 0.15) is 0 Å². The van der Waals surface area contributed by atoms with E-state index in [1.165, 1.54) is 0 Å². The van der Waals surface area contributed by atoms with E-state index in [9.17, 15) is 0 Å². The molecule has 1 aliphatic rings. The van der Waals surface area contributed by atoms with Crippen molar-refractivity contribution in [2.75, 3.05) is 6.61 Å². The van der Waals surface area contributed by atoms with Crippen LogP contribution in [0.2, 0.25) is 0 Å². The molecule has 0 aliphatic carbocycles. The predicted molar refractivity (Wildman–Crippen MR) is 29.2 cm³/mol. The van der Waals surface area contributed by atoms with Crippen molar-refractivity contribution in [2.24, 2.45) is 5.73 Å². The van der Waals surface area contributed by atoms with Crippen LogP contribution in [0.4, 0.5) is 0 Å². The molecule has 1 aliphatic heterocycles. The van der Waals surface area contributed by atoms with Crippen LogP contribution in [0.5, 0.6) is 0 Å². The van der Waals surface area contributed by atoms with Gasteiger partial charge in [-0.3, -0.25) is 0 Å². The smallest absolute Gasteiger partial charge is 0.169 e. The summed E-state index contributed by atoms with van der Waals surface area (Å²) in [5, 5.41) is 8.83. The molecule has 8 heavy (non-hydrogen) atoms. The molecule has 3 nitrogen and oxygen atoms in total. The van der Waals surface area contributed by atoms with E-state index in [0.29, 0.717) is 6.61 Å². The van der Waals surface area contributed by atoms with Gasteiger partial charge in [-0.25, -0.2) is 0 Å². The van der Waals surface area contributed by atoms with E-state index in [4.69, 9.17) is 15.6 Å². The van der Waals surface area contributed by atoms with Crippen molar-refractivity contribution < 1.29 is 9.84 Å². The fourth-order valence-electron chi connectivity index (χ4n) is 0.789. The zero-order chi connectivity index (χ0) is 5.98. The Morgan fingerprint density at radius 1 is 1.62 bits per heavy atom. The zero-order valence-electron chi connectivity index (χ0n) is 4.71. The number of hydrogen-bond acceptors (Lipinski definition) is 3. The summed E-state index contributed by atoms with van der Waals surface area (Å²) in [5.74, 6) is 0. The molecule has 0 aromatic carbocycles. The highest BCUT2D eigenvalue weighted by molar-refractivity contribution is 4.67. The van der Waals surface area contributed by atoms with E-state index in [2.05, 4.69) is 0 Å².